The molecule has 0 aliphatic rings. The molecule has 0 aliphatic heterocycles. The molecule has 0 bridgehead atoms. The Morgan fingerprint density at radius 2 is 1.86 bits per heavy atom. The van der Waals surface area contributed by atoms with Crippen molar-refractivity contribution in [1.82, 2.24) is 0 Å². The summed E-state index contributed by atoms with van der Waals surface area (Å²) in [7, 11) is -1.87. The molecule has 0 aromatic rings. The first kappa shape index (κ1) is 13.9. The maximum atomic E-state index is 5.76. The third-order valence-electron chi connectivity index (χ3n) is 1.74. The van der Waals surface area contributed by atoms with Gasteiger partial charge in [0, 0.05) is 13.2 Å². The van der Waals surface area contributed by atoms with Gasteiger partial charge in [0.1, 0.15) is 0 Å². The molecule has 0 radical (unpaired) electrons. The summed E-state index contributed by atoms with van der Waals surface area (Å²) in [6, 6.07) is 0. The van der Waals surface area contributed by atoms with Crippen molar-refractivity contribution < 1.29 is 8.85 Å². The summed E-state index contributed by atoms with van der Waals surface area (Å²) in [6.45, 7) is 15.9. The highest BCUT2D eigenvalue weighted by Crippen LogP contribution is 2.10. The topological polar surface area (TPSA) is 18.5 Å². The predicted octanol–water partition coefficient (Wildman–Crippen LogP) is 3.34. The van der Waals surface area contributed by atoms with E-state index in [1.165, 1.54) is 5.57 Å². The predicted molar refractivity (Wildman–Crippen MR) is 63.7 cm³/mol. The van der Waals surface area contributed by atoms with E-state index in [0.717, 1.165) is 19.6 Å². The first-order valence-electron chi connectivity index (χ1n) is 5.26. The number of rotatable bonds is 7. The Hall–Kier alpha value is -0.123. The Morgan fingerprint density at radius 3 is 2.29 bits per heavy atom. The Kier molecular flexibility index (Phi) is 6.32. The summed E-state index contributed by atoms with van der Waals surface area (Å²) < 4.78 is 11.5. The minimum Gasteiger partial charge on any atom is -0.394 e. The van der Waals surface area contributed by atoms with Crippen molar-refractivity contribution in [2.24, 2.45) is 5.92 Å². The highest BCUT2D eigenvalue weighted by molar-refractivity contribution is 6.64. The molecule has 0 N–H and O–H groups in total. The Bertz CT molecular complexity index is 176. The molecule has 0 spiro atoms. The van der Waals surface area contributed by atoms with Gasteiger partial charge in [0.2, 0.25) is 0 Å². The van der Waals surface area contributed by atoms with Crippen molar-refractivity contribution in [1.29, 1.82) is 0 Å². The molecule has 3 heteroatoms. The van der Waals surface area contributed by atoms with Gasteiger partial charge >= 0.3 is 8.56 Å². The van der Waals surface area contributed by atoms with Gasteiger partial charge in [0.15, 0.2) is 0 Å². The van der Waals surface area contributed by atoms with E-state index in [2.05, 4.69) is 33.5 Å². The lowest BCUT2D eigenvalue weighted by atomic mass is 10.2. The van der Waals surface area contributed by atoms with Crippen molar-refractivity contribution in [2.45, 2.75) is 40.3 Å². The smallest absolute Gasteiger partial charge is 0.331 e. The van der Waals surface area contributed by atoms with Crippen molar-refractivity contribution in [3.63, 3.8) is 0 Å². The van der Waals surface area contributed by atoms with Crippen LogP contribution in [-0.4, -0.2) is 21.8 Å². The molecule has 0 amide bonds. The van der Waals surface area contributed by atoms with Crippen LogP contribution in [0.25, 0.3) is 0 Å². The zero-order chi connectivity index (χ0) is 11.2. The van der Waals surface area contributed by atoms with Gasteiger partial charge < -0.3 is 8.85 Å². The minimum atomic E-state index is -1.87. The lowest BCUT2D eigenvalue weighted by molar-refractivity contribution is 0.163. The zero-order valence-corrected chi connectivity index (χ0v) is 11.2. The van der Waals surface area contributed by atoms with E-state index in [-0.39, 0.29) is 0 Å². The van der Waals surface area contributed by atoms with Crippen LogP contribution in [0.1, 0.15) is 27.2 Å². The normalized spacial score (nSPS) is 12.1. The van der Waals surface area contributed by atoms with Crippen LogP contribution in [0.5, 0.6) is 0 Å². The third-order valence-corrected chi connectivity index (χ3v) is 3.50. The fourth-order valence-electron chi connectivity index (χ4n) is 0.880. The molecule has 0 saturated carbocycles. The summed E-state index contributed by atoms with van der Waals surface area (Å²) in [5, 5.41) is 0. The van der Waals surface area contributed by atoms with E-state index in [9.17, 15) is 0 Å². The Balaban J connectivity index is 3.66. The van der Waals surface area contributed by atoms with Crippen LogP contribution in [0.4, 0.5) is 0 Å². The highest BCUT2D eigenvalue weighted by Gasteiger charge is 2.24. The van der Waals surface area contributed by atoms with E-state index in [4.69, 9.17) is 8.85 Å². The fraction of sp³-hybridized carbons (Fsp3) is 0.818. The van der Waals surface area contributed by atoms with Gasteiger partial charge in [-0.3, -0.25) is 0 Å². The molecular formula is C11H24O2Si. The second-order valence-corrected chi connectivity index (χ2v) is 8.04. The van der Waals surface area contributed by atoms with Gasteiger partial charge in [-0.1, -0.05) is 19.4 Å². The number of hydrogen-bond acceptors (Lipinski definition) is 2. The summed E-state index contributed by atoms with van der Waals surface area (Å²) >= 11 is 0. The average Bonchev–Trinajstić information content (AvgIpc) is 2.00. The van der Waals surface area contributed by atoms with Gasteiger partial charge in [0.25, 0.3) is 0 Å². The Morgan fingerprint density at radius 1 is 1.29 bits per heavy atom. The maximum Gasteiger partial charge on any atom is 0.331 e. The minimum absolute atomic E-state index is 0.575. The van der Waals surface area contributed by atoms with Gasteiger partial charge in [-0.25, -0.2) is 0 Å². The largest absolute Gasteiger partial charge is 0.394 e. The lowest BCUT2D eigenvalue weighted by Gasteiger charge is -2.23. The molecule has 0 rings (SSSR count). The SMILES string of the molecule is C=C(C)CCO[Si](C)(C)OCC(C)C. The molecule has 0 aromatic carbocycles. The molecular weight excluding hydrogens is 192 g/mol. The maximum absolute atomic E-state index is 5.76. The Labute approximate surface area is 89.6 Å². The van der Waals surface area contributed by atoms with Gasteiger partial charge in [0.05, 0.1) is 0 Å². The molecule has 0 saturated heterocycles. The summed E-state index contributed by atoms with van der Waals surface area (Å²) in [5.74, 6) is 0.575. The molecule has 0 aromatic heterocycles. The van der Waals surface area contributed by atoms with E-state index in [1.54, 1.807) is 0 Å². The second-order valence-electron chi connectivity index (χ2n) is 4.66. The molecule has 2 nitrogen and oxygen atoms in total. The standard InChI is InChI=1S/C11H24O2Si/c1-10(2)7-8-12-14(5,6)13-9-11(3)4/h11H,1,7-9H2,2-6H3. The van der Waals surface area contributed by atoms with Gasteiger partial charge in [-0.15, -0.1) is 6.58 Å². The van der Waals surface area contributed by atoms with Crippen molar-refractivity contribution in [2.75, 3.05) is 13.2 Å². The fourth-order valence-corrected chi connectivity index (χ4v) is 2.29. The summed E-state index contributed by atoms with van der Waals surface area (Å²) in [5.41, 5.74) is 1.17. The zero-order valence-electron chi connectivity index (χ0n) is 10.2. The first-order chi connectivity index (χ1) is 6.33. The van der Waals surface area contributed by atoms with Crippen LogP contribution in [-0.2, 0) is 8.85 Å². The summed E-state index contributed by atoms with van der Waals surface area (Å²) in [4.78, 5) is 0. The quantitative estimate of drug-likeness (QED) is 0.480. The van der Waals surface area contributed by atoms with Crippen LogP contribution < -0.4 is 0 Å². The third kappa shape index (κ3) is 8.47. The summed E-state index contributed by atoms with van der Waals surface area (Å²) in [6.07, 6.45) is 0.932. The van der Waals surface area contributed by atoms with Gasteiger partial charge in [-0.05, 0) is 32.4 Å². The molecule has 84 valence electrons. The molecule has 0 atom stereocenters. The van der Waals surface area contributed by atoms with Crippen LogP contribution in [0.15, 0.2) is 12.2 Å². The van der Waals surface area contributed by atoms with Gasteiger partial charge in [-0.2, -0.15) is 0 Å². The van der Waals surface area contributed by atoms with E-state index >= 15 is 0 Å². The van der Waals surface area contributed by atoms with Crippen LogP contribution in [0, 0.1) is 5.92 Å². The average molecular weight is 216 g/mol. The molecule has 0 fully saturated rings. The molecule has 0 unspecified atom stereocenters. The molecule has 14 heavy (non-hydrogen) atoms. The highest BCUT2D eigenvalue weighted by atomic mass is 28.4. The number of hydrogen-bond donors (Lipinski definition) is 0. The van der Waals surface area contributed by atoms with Crippen molar-refractivity contribution in [3.8, 4) is 0 Å². The second kappa shape index (κ2) is 6.38. The first-order valence-corrected chi connectivity index (χ1v) is 8.07. The molecule has 0 aliphatic carbocycles. The van der Waals surface area contributed by atoms with E-state index in [1.807, 2.05) is 6.92 Å². The van der Waals surface area contributed by atoms with Crippen molar-refractivity contribution in [3.05, 3.63) is 12.2 Å². The van der Waals surface area contributed by atoms with Crippen LogP contribution in [0.2, 0.25) is 13.1 Å². The van der Waals surface area contributed by atoms with Crippen molar-refractivity contribution >= 4 is 8.56 Å². The monoisotopic (exact) mass is 216 g/mol. The van der Waals surface area contributed by atoms with E-state index in [0.29, 0.717) is 5.92 Å². The van der Waals surface area contributed by atoms with Crippen LogP contribution in [0.3, 0.4) is 0 Å². The lowest BCUT2D eigenvalue weighted by Crippen LogP contribution is -2.36. The van der Waals surface area contributed by atoms with Crippen LogP contribution >= 0.6 is 0 Å². The van der Waals surface area contributed by atoms with E-state index < -0.39 is 8.56 Å². The molecule has 0 heterocycles.